The van der Waals surface area contributed by atoms with Gasteiger partial charge in [0.15, 0.2) is 5.75 Å². The molecule has 2 saturated heterocycles. The van der Waals surface area contributed by atoms with E-state index in [0.717, 1.165) is 22.7 Å². The normalized spacial score (nSPS) is 17.4. The van der Waals surface area contributed by atoms with E-state index in [9.17, 15) is 29.6 Å². The van der Waals surface area contributed by atoms with E-state index in [-0.39, 0.29) is 10.5 Å². The maximum atomic E-state index is 12.7. The minimum absolute atomic E-state index is 0.0199. The molecule has 0 radical (unpaired) electrons. The minimum Gasteiger partial charge on any atom is -0.502 e. The number of hydrogen-bond donors (Lipinski definition) is 2. The third-order valence-corrected chi connectivity index (χ3v) is 6.11. The summed E-state index contributed by atoms with van der Waals surface area (Å²) in [4.78, 5) is 51.0. The molecule has 0 atom stereocenters. The maximum absolute atomic E-state index is 12.7. The number of phenolic OH excluding ortho intramolecular Hbond substituents is 1. The summed E-state index contributed by atoms with van der Waals surface area (Å²) in [6.07, 6.45) is 1.31. The molecule has 11 nitrogen and oxygen atoms in total. The van der Waals surface area contributed by atoms with Gasteiger partial charge in [0.2, 0.25) is 5.91 Å². The van der Waals surface area contributed by atoms with Crippen molar-refractivity contribution in [3.05, 3.63) is 63.0 Å². The lowest BCUT2D eigenvalue weighted by Crippen LogP contribution is -2.38. The number of aromatic hydroxyl groups is 1. The molecule has 2 aliphatic heterocycles. The van der Waals surface area contributed by atoms with Gasteiger partial charge in [0.25, 0.3) is 11.1 Å². The molecule has 12 heteroatoms. The Labute approximate surface area is 198 Å². The first kappa shape index (κ1) is 23.3. The van der Waals surface area contributed by atoms with Gasteiger partial charge in [-0.3, -0.25) is 29.4 Å². The number of phenols is 1. The number of morpholine rings is 1. The average molecular weight is 484 g/mol. The Kier molecular flexibility index (Phi) is 6.80. The molecule has 0 unspecified atom stereocenters. The van der Waals surface area contributed by atoms with Gasteiger partial charge < -0.3 is 20.1 Å². The zero-order valence-corrected chi connectivity index (χ0v) is 18.6. The number of imide groups is 1. The number of nitro groups is 1. The zero-order valence-electron chi connectivity index (χ0n) is 17.8. The SMILES string of the molecule is O=C(CN1C(=O)S/C(=C/c2ccc(O)c([N+](=O)[O-])c2)C1=O)Nc1ccccc1N1CCOCC1. The number of nitro benzene ring substituents is 1. The summed E-state index contributed by atoms with van der Waals surface area (Å²) >= 11 is 0.633. The van der Waals surface area contributed by atoms with Crippen LogP contribution in [0.5, 0.6) is 5.75 Å². The van der Waals surface area contributed by atoms with Crippen LogP contribution in [0.15, 0.2) is 47.4 Å². The summed E-state index contributed by atoms with van der Waals surface area (Å²) in [7, 11) is 0. The molecule has 0 aliphatic carbocycles. The van der Waals surface area contributed by atoms with Gasteiger partial charge in [0.05, 0.1) is 34.4 Å². The summed E-state index contributed by atoms with van der Waals surface area (Å²) in [5.41, 5.74) is 1.13. The van der Waals surface area contributed by atoms with Gasteiger partial charge in [-0.1, -0.05) is 18.2 Å². The first-order valence-electron chi connectivity index (χ1n) is 10.3. The molecule has 3 amide bonds. The highest BCUT2D eigenvalue weighted by atomic mass is 32.2. The predicted molar refractivity (Wildman–Crippen MR) is 126 cm³/mol. The molecule has 2 fully saturated rings. The van der Waals surface area contributed by atoms with Crippen molar-refractivity contribution >= 4 is 52.0 Å². The topological polar surface area (TPSA) is 142 Å². The van der Waals surface area contributed by atoms with E-state index in [1.807, 2.05) is 12.1 Å². The zero-order chi connectivity index (χ0) is 24.2. The van der Waals surface area contributed by atoms with Gasteiger partial charge in [-0.25, -0.2) is 0 Å². The van der Waals surface area contributed by atoms with Gasteiger partial charge >= 0.3 is 5.69 Å². The molecule has 0 aromatic heterocycles. The first-order valence-corrected chi connectivity index (χ1v) is 11.1. The van der Waals surface area contributed by atoms with Crippen molar-refractivity contribution in [3.8, 4) is 5.75 Å². The second-order valence-corrected chi connectivity index (χ2v) is 8.43. The van der Waals surface area contributed by atoms with E-state index >= 15 is 0 Å². The van der Waals surface area contributed by atoms with Crippen LogP contribution in [0.3, 0.4) is 0 Å². The van der Waals surface area contributed by atoms with Crippen LogP contribution in [0.1, 0.15) is 5.56 Å². The second-order valence-electron chi connectivity index (χ2n) is 7.44. The van der Waals surface area contributed by atoms with Gasteiger partial charge in [-0.15, -0.1) is 0 Å². The lowest BCUT2D eigenvalue weighted by molar-refractivity contribution is -0.385. The standard InChI is InChI=1S/C22H20N4O7S/c27-18-6-5-14(11-17(18)26(31)32)12-19-21(29)25(22(30)34-19)13-20(28)23-15-3-1-2-4-16(15)24-7-9-33-10-8-24/h1-6,11-12,27H,7-10,13H2,(H,23,28)/b19-12+. The highest BCUT2D eigenvalue weighted by molar-refractivity contribution is 8.18. The van der Waals surface area contributed by atoms with E-state index in [0.29, 0.717) is 43.8 Å². The van der Waals surface area contributed by atoms with Crippen molar-refractivity contribution in [1.29, 1.82) is 0 Å². The van der Waals surface area contributed by atoms with Crippen LogP contribution in [0.2, 0.25) is 0 Å². The fraction of sp³-hybridized carbons (Fsp3) is 0.227. The van der Waals surface area contributed by atoms with Crippen molar-refractivity contribution in [2.45, 2.75) is 0 Å². The molecule has 2 aromatic carbocycles. The number of rotatable bonds is 6. The molecule has 2 aromatic rings. The van der Waals surface area contributed by atoms with E-state index in [1.165, 1.54) is 12.1 Å². The Morgan fingerprint density at radius 3 is 2.68 bits per heavy atom. The molecule has 2 N–H and O–H groups in total. The lowest BCUT2D eigenvalue weighted by Gasteiger charge is -2.30. The van der Waals surface area contributed by atoms with Crippen molar-refractivity contribution < 1.29 is 29.2 Å². The number of hydrogen-bond acceptors (Lipinski definition) is 9. The fourth-order valence-corrected chi connectivity index (χ4v) is 4.40. The first-order chi connectivity index (χ1) is 16.3. The highest BCUT2D eigenvalue weighted by Crippen LogP contribution is 2.34. The van der Waals surface area contributed by atoms with Crippen molar-refractivity contribution in [1.82, 2.24) is 4.90 Å². The number of para-hydroxylation sites is 2. The lowest BCUT2D eigenvalue weighted by atomic mass is 10.1. The number of nitrogens with zero attached hydrogens (tertiary/aromatic N) is 3. The summed E-state index contributed by atoms with van der Waals surface area (Å²) in [6.45, 7) is 2.03. The van der Waals surface area contributed by atoms with Gasteiger partial charge in [0.1, 0.15) is 6.54 Å². The van der Waals surface area contributed by atoms with Crippen LogP contribution in [0.25, 0.3) is 6.08 Å². The van der Waals surface area contributed by atoms with Crippen LogP contribution in [-0.2, 0) is 14.3 Å². The Balaban J connectivity index is 1.46. The van der Waals surface area contributed by atoms with Crippen LogP contribution >= 0.6 is 11.8 Å². The van der Waals surface area contributed by atoms with Crippen molar-refractivity contribution in [3.63, 3.8) is 0 Å². The highest BCUT2D eigenvalue weighted by Gasteiger charge is 2.36. The maximum Gasteiger partial charge on any atom is 0.311 e. The second kappa shape index (κ2) is 9.93. The average Bonchev–Trinajstić information content (AvgIpc) is 3.08. The van der Waals surface area contributed by atoms with Gasteiger partial charge in [-0.2, -0.15) is 0 Å². The number of amides is 3. The molecule has 2 heterocycles. The Bertz CT molecular complexity index is 1190. The number of carbonyl (C=O) groups excluding carboxylic acids is 3. The molecular formula is C22H20N4O7S. The van der Waals surface area contributed by atoms with Crippen molar-refractivity contribution in [2.75, 3.05) is 43.1 Å². The van der Waals surface area contributed by atoms with E-state index in [2.05, 4.69) is 10.2 Å². The summed E-state index contributed by atoms with van der Waals surface area (Å²) in [6, 6.07) is 10.9. The number of nitrogens with one attached hydrogen (secondary N) is 1. The largest absolute Gasteiger partial charge is 0.502 e. The third-order valence-electron chi connectivity index (χ3n) is 5.20. The molecular weight excluding hydrogens is 464 g/mol. The monoisotopic (exact) mass is 484 g/mol. The number of benzene rings is 2. The van der Waals surface area contributed by atoms with E-state index < -0.39 is 40.0 Å². The molecule has 0 saturated carbocycles. The quantitative estimate of drug-likeness (QED) is 0.359. The smallest absolute Gasteiger partial charge is 0.311 e. The predicted octanol–water partition coefficient (Wildman–Crippen LogP) is 2.81. The summed E-state index contributed by atoms with van der Waals surface area (Å²) in [5, 5.41) is 22.7. The molecule has 176 valence electrons. The third kappa shape index (κ3) is 5.02. The van der Waals surface area contributed by atoms with Crippen LogP contribution in [-0.4, -0.2) is 64.8 Å². The Hall–Kier alpha value is -3.90. The number of carbonyl (C=O) groups is 3. The van der Waals surface area contributed by atoms with Gasteiger partial charge in [0, 0.05) is 19.2 Å². The Morgan fingerprint density at radius 1 is 1.21 bits per heavy atom. The fourth-order valence-electron chi connectivity index (χ4n) is 3.56. The minimum atomic E-state index is -0.752. The molecule has 2 aliphatic rings. The summed E-state index contributed by atoms with van der Waals surface area (Å²) < 4.78 is 5.37. The number of thioether (sulfide) groups is 1. The molecule has 34 heavy (non-hydrogen) atoms. The van der Waals surface area contributed by atoms with Crippen LogP contribution in [0.4, 0.5) is 21.9 Å². The molecule has 0 bridgehead atoms. The Morgan fingerprint density at radius 2 is 1.94 bits per heavy atom. The van der Waals surface area contributed by atoms with Crippen LogP contribution in [0, 0.1) is 10.1 Å². The molecule has 0 spiro atoms. The summed E-state index contributed by atoms with van der Waals surface area (Å²) in [5.74, 6) is -1.73. The number of anilines is 2. The van der Waals surface area contributed by atoms with Crippen LogP contribution < -0.4 is 10.2 Å². The molecule has 4 rings (SSSR count). The van der Waals surface area contributed by atoms with E-state index in [1.54, 1.807) is 12.1 Å². The van der Waals surface area contributed by atoms with Gasteiger partial charge in [-0.05, 0) is 41.6 Å². The van der Waals surface area contributed by atoms with Crippen molar-refractivity contribution in [2.24, 2.45) is 0 Å². The number of ether oxygens (including phenoxy) is 1. The van der Waals surface area contributed by atoms with E-state index in [4.69, 9.17) is 4.74 Å².